The van der Waals surface area contributed by atoms with Gasteiger partial charge in [-0.2, -0.15) is 0 Å². The second-order valence-electron chi connectivity index (χ2n) is 6.53. The van der Waals surface area contributed by atoms with Crippen molar-refractivity contribution in [3.05, 3.63) is 29.8 Å². The third kappa shape index (κ3) is 6.27. The molecule has 0 saturated carbocycles. The van der Waals surface area contributed by atoms with Crippen molar-refractivity contribution in [3.8, 4) is 0 Å². The summed E-state index contributed by atoms with van der Waals surface area (Å²) in [6, 6.07) is 5.85. The van der Waals surface area contributed by atoms with Crippen molar-refractivity contribution >= 4 is 15.7 Å². The Bertz CT molecular complexity index is 604. The second-order valence-corrected chi connectivity index (χ2v) is 8.55. The smallest absolute Gasteiger partial charge is 0.251 e. The summed E-state index contributed by atoms with van der Waals surface area (Å²) in [5.41, 5.74) is 6.39. The highest BCUT2D eigenvalue weighted by atomic mass is 32.2. The van der Waals surface area contributed by atoms with Crippen LogP contribution in [0.1, 0.15) is 37.6 Å². The molecular weight excluding hydrogens is 288 g/mol. The zero-order valence-corrected chi connectivity index (χ0v) is 13.8. The van der Waals surface area contributed by atoms with E-state index in [1.165, 1.54) is 12.1 Å². The van der Waals surface area contributed by atoms with Crippen LogP contribution in [0.2, 0.25) is 0 Å². The highest BCUT2D eigenvalue weighted by molar-refractivity contribution is 7.90. The predicted octanol–water partition coefficient (Wildman–Crippen LogP) is 1.58. The van der Waals surface area contributed by atoms with Crippen LogP contribution >= 0.6 is 0 Å². The quantitative estimate of drug-likeness (QED) is 0.864. The molecule has 0 aliphatic carbocycles. The molecule has 0 saturated heterocycles. The van der Waals surface area contributed by atoms with Crippen molar-refractivity contribution in [1.29, 1.82) is 0 Å². The van der Waals surface area contributed by atoms with Gasteiger partial charge in [-0.15, -0.1) is 0 Å². The first-order chi connectivity index (χ1) is 9.49. The Balaban J connectivity index is 2.69. The molecule has 21 heavy (non-hydrogen) atoms. The first-order valence-corrected chi connectivity index (χ1v) is 8.72. The summed E-state index contributed by atoms with van der Waals surface area (Å²) < 4.78 is 23.0. The Morgan fingerprint density at radius 3 is 2.48 bits per heavy atom. The number of hydrogen-bond acceptors (Lipinski definition) is 4. The predicted molar refractivity (Wildman–Crippen MR) is 83.9 cm³/mol. The molecule has 1 amide bonds. The van der Waals surface area contributed by atoms with Crippen molar-refractivity contribution in [2.45, 2.75) is 38.1 Å². The average molecular weight is 312 g/mol. The fourth-order valence-corrected chi connectivity index (χ4v) is 2.72. The van der Waals surface area contributed by atoms with Crippen molar-refractivity contribution in [2.75, 3.05) is 12.8 Å². The summed E-state index contributed by atoms with van der Waals surface area (Å²) in [5.74, 6) is -0.315. The third-order valence-electron chi connectivity index (χ3n) is 2.92. The lowest BCUT2D eigenvalue weighted by Crippen LogP contribution is -2.39. The highest BCUT2D eigenvalue weighted by Gasteiger charge is 2.17. The van der Waals surface area contributed by atoms with Gasteiger partial charge in [0.15, 0.2) is 9.84 Å². The Morgan fingerprint density at radius 1 is 1.33 bits per heavy atom. The molecule has 1 atom stereocenters. The summed E-state index contributed by atoms with van der Waals surface area (Å²) in [6.07, 6.45) is 1.90. The van der Waals surface area contributed by atoms with E-state index in [2.05, 4.69) is 26.1 Å². The van der Waals surface area contributed by atoms with E-state index in [-0.39, 0.29) is 22.3 Å². The molecule has 0 bridgehead atoms. The summed E-state index contributed by atoms with van der Waals surface area (Å²) in [6.45, 7) is 6.62. The Labute approximate surface area is 126 Å². The lowest BCUT2D eigenvalue weighted by Gasteiger charge is -2.23. The van der Waals surface area contributed by atoms with Gasteiger partial charge in [0.05, 0.1) is 4.90 Å². The largest absolute Gasteiger partial charge is 0.350 e. The van der Waals surface area contributed by atoms with E-state index in [9.17, 15) is 13.2 Å². The van der Waals surface area contributed by atoms with Gasteiger partial charge in [-0.05, 0) is 30.0 Å². The summed E-state index contributed by atoms with van der Waals surface area (Å²) in [7, 11) is -3.32. The zero-order valence-electron chi connectivity index (χ0n) is 13.0. The zero-order chi connectivity index (χ0) is 16.3. The molecule has 1 aromatic rings. The Hall–Kier alpha value is -1.40. The van der Waals surface area contributed by atoms with Crippen LogP contribution in [0, 0.1) is 5.41 Å². The maximum absolute atomic E-state index is 12.0. The van der Waals surface area contributed by atoms with Crippen LogP contribution in [-0.2, 0) is 9.84 Å². The van der Waals surface area contributed by atoms with Crippen molar-refractivity contribution < 1.29 is 13.2 Å². The fraction of sp³-hybridized carbons (Fsp3) is 0.533. The van der Waals surface area contributed by atoms with Gasteiger partial charge < -0.3 is 11.1 Å². The van der Waals surface area contributed by atoms with Crippen molar-refractivity contribution in [1.82, 2.24) is 5.32 Å². The van der Waals surface area contributed by atoms with E-state index >= 15 is 0 Å². The molecule has 0 aliphatic heterocycles. The number of rotatable bonds is 5. The van der Waals surface area contributed by atoms with Crippen LogP contribution in [0.15, 0.2) is 29.2 Å². The molecular formula is C15H24N2O3S. The standard InChI is InChI=1S/C15H24N2O3S/c1-15(2,3)9-12(16)10-17-14(18)11-6-5-7-13(8-11)21(4,19)20/h5-8,12H,9-10,16H2,1-4H3,(H,17,18). The van der Waals surface area contributed by atoms with E-state index < -0.39 is 9.84 Å². The molecule has 0 spiro atoms. The van der Waals surface area contributed by atoms with E-state index in [4.69, 9.17) is 5.73 Å². The van der Waals surface area contributed by atoms with Crippen LogP contribution in [0.5, 0.6) is 0 Å². The molecule has 3 N–H and O–H groups in total. The van der Waals surface area contributed by atoms with Gasteiger partial charge in [-0.25, -0.2) is 8.42 Å². The first kappa shape index (κ1) is 17.7. The van der Waals surface area contributed by atoms with Gasteiger partial charge in [0.25, 0.3) is 5.91 Å². The molecule has 5 nitrogen and oxygen atoms in total. The molecule has 0 aliphatic rings. The molecule has 0 fully saturated rings. The number of sulfone groups is 1. The monoisotopic (exact) mass is 312 g/mol. The lowest BCUT2D eigenvalue weighted by molar-refractivity contribution is 0.0948. The Kier molecular flexibility index (Phi) is 5.53. The molecule has 0 radical (unpaired) electrons. The van der Waals surface area contributed by atoms with E-state index in [1.807, 2.05) is 0 Å². The topological polar surface area (TPSA) is 89.3 Å². The maximum Gasteiger partial charge on any atom is 0.251 e. The summed E-state index contributed by atoms with van der Waals surface area (Å²) in [4.78, 5) is 12.2. The molecule has 118 valence electrons. The third-order valence-corrected chi connectivity index (χ3v) is 4.03. The van der Waals surface area contributed by atoms with Gasteiger partial charge in [-0.1, -0.05) is 26.8 Å². The summed E-state index contributed by atoms with van der Waals surface area (Å²) in [5, 5.41) is 2.74. The van der Waals surface area contributed by atoms with E-state index in [0.29, 0.717) is 12.1 Å². The fourth-order valence-electron chi connectivity index (χ4n) is 2.05. The average Bonchev–Trinajstić information content (AvgIpc) is 2.33. The number of carbonyl (C=O) groups is 1. The van der Waals surface area contributed by atoms with Crippen LogP contribution in [-0.4, -0.2) is 33.2 Å². The minimum atomic E-state index is -3.32. The van der Waals surface area contributed by atoms with E-state index in [1.54, 1.807) is 12.1 Å². The van der Waals surface area contributed by atoms with Crippen LogP contribution in [0.25, 0.3) is 0 Å². The minimum absolute atomic E-state index is 0.0976. The van der Waals surface area contributed by atoms with E-state index in [0.717, 1.165) is 12.7 Å². The first-order valence-electron chi connectivity index (χ1n) is 6.83. The number of carbonyl (C=O) groups excluding carboxylic acids is 1. The van der Waals surface area contributed by atoms with Crippen molar-refractivity contribution in [2.24, 2.45) is 11.1 Å². The van der Waals surface area contributed by atoms with Gasteiger partial charge in [0, 0.05) is 24.4 Å². The van der Waals surface area contributed by atoms with Gasteiger partial charge in [0.1, 0.15) is 0 Å². The normalized spacial score (nSPS) is 13.8. The molecule has 1 unspecified atom stereocenters. The van der Waals surface area contributed by atoms with Gasteiger partial charge in [0.2, 0.25) is 0 Å². The molecule has 0 heterocycles. The minimum Gasteiger partial charge on any atom is -0.350 e. The molecule has 1 aromatic carbocycles. The van der Waals surface area contributed by atoms with Crippen LogP contribution < -0.4 is 11.1 Å². The molecule has 1 rings (SSSR count). The molecule has 6 heteroatoms. The lowest BCUT2D eigenvalue weighted by atomic mass is 9.88. The Morgan fingerprint density at radius 2 is 1.95 bits per heavy atom. The SMILES string of the molecule is CC(C)(C)CC(N)CNC(=O)c1cccc(S(C)(=O)=O)c1. The number of amides is 1. The maximum atomic E-state index is 12.0. The van der Waals surface area contributed by atoms with Gasteiger partial charge >= 0.3 is 0 Å². The van der Waals surface area contributed by atoms with Crippen LogP contribution in [0.3, 0.4) is 0 Å². The summed E-state index contributed by atoms with van der Waals surface area (Å²) >= 11 is 0. The van der Waals surface area contributed by atoms with Crippen LogP contribution in [0.4, 0.5) is 0 Å². The van der Waals surface area contributed by atoms with Gasteiger partial charge in [-0.3, -0.25) is 4.79 Å². The highest BCUT2D eigenvalue weighted by Crippen LogP contribution is 2.19. The second kappa shape index (κ2) is 6.58. The number of hydrogen-bond donors (Lipinski definition) is 2. The number of nitrogens with one attached hydrogen (secondary N) is 1. The molecule has 0 aromatic heterocycles. The number of nitrogens with two attached hydrogens (primary N) is 1. The van der Waals surface area contributed by atoms with Crippen molar-refractivity contribution in [3.63, 3.8) is 0 Å². The number of benzene rings is 1.